The number of benzene rings is 1. The van der Waals surface area contributed by atoms with Gasteiger partial charge in [0.2, 0.25) is 0 Å². The number of halogens is 6. The zero-order valence-electron chi connectivity index (χ0n) is 9.70. The molecule has 0 saturated carbocycles. The first-order valence-corrected chi connectivity index (χ1v) is 5.66. The summed E-state index contributed by atoms with van der Waals surface area (Å²) >= 11 is 0. The van der Waals surface area contributed by atoms with Gasteiger partial charge in [-0.15, -0.1) is 0 Å². The highest BCUT2D eigenvalue weighted by atomic mass is 19.4. The van der Waals surface area contributed by atoms with Gasteiger partial charge in [0, 0.05) is 6.42 Å². The monoisotopic (exact) mass is 283 g/mol. The van der Waals surface area contributed by atoms with Gasteiger partial charge >= 0.3 is 6.18 Å². The molecule has 1 aliphatic heterocycles. The van der Waals surface area contributed by atoms with Crippen LogP contribution in [0.1, 0.15) is 17.5 Å². The second kappa shape index (κ2) is 4.70. The number of nitrogens with one attached hydrogen (secondary N) is 1. The lowest BCUT2D eigenvalue weighted by Gasteiger charge is -2.31. The third-order valence-corrected chi connectivity index (χ3v) is 3.10. The van der Waals surface area contributed by atoms with Crippen LogP contribution < -0.4 is 5.32 Å². The molecule has 1 heterocycles. The van der Waals surface area contributed by atoms with Gasteiger partial charge in [-0.3, -0.25) is 0 Å². The molecule has 1 saturated heterocycles. The SMILES string of the molecule is Fc1cc(C(F)(F)F)ccc1C(F)(F)CC1CNC1. The third kappa shape index (κ3) is 3.02. The Morgan fingerprint density at radius 1 is 1.11 bits per heavy atom. The van der Waals surface area contributed by atoms with Crippen LogP contribution in [0.15, 0.2) is 18.2 Å². The number of rotatable bonds is 3. The molecular weight excluding hydrogens is 272 g/mol. The van der Waals surface area contributed by atoms with Gasteiger partial charge in [-0.05, 0) is 37.2 Å². The van der Waals surface area contributed by atoms with E-state index >= 15 is 0 Å². The first kappa shape index (κ1) is 14.2. The Balaban J connectivity index is 2.24. The molecule has 1 N–H and O–H groups in total. The fourth-order valence-electron chi connectivity index (χ4n) is 1.95. The number of hydrogen-bond donors (Lipinski definition) is 1. The van der Waals surface area contributed by atoms with Gasteiger partial charge < -0.3 is 5.32 Å². The Morgan fingerprint density at radius 2 is 1.74 bits per heavy atom. The Kier molecular flexibility index (Phi) is 3.51. The summed E-state index contributed by atoms with van der Waals surface area (Å²) < 4.78 is 77.9. The maximum Gasteiger partial charge on any atom is 0.416 e. The molecule has 0 atom stereocenters. The normalized spacial score (nSPS) is 17.4. The Morgan fingerprint density at radius 3 is 2.16 bits per heavy atom. The third-order valence-electron chi connectivity index (χ3n) is 3.10. The standard InChI is InChI=1S/C12H11F6N/c13-10-3-8(12(16,17)18)1-2-9(10)11(14,15)4-7-5-19-6-7/h1-3,7,19H,4-6H2. The predicted octanol–water partition coefficient (Wildman–Crippen LogP) is 3.55. The average molecular weight is 283 g/mol. The largest absolute Gasteiger partial charge is 0.416 e. The summed E-state index contributed by atoms with van der Waals surface area (Å²) in [7, 11) is 0. The molecule has 1 aromatic carbocycles. The summed E-state index contributed by atoms with van der Waals surface area (Å²) in [6.07, 6.45) is -5.31. The lowest BCUT2D eigenvalue weighted by atomic mass is 9.91. The molecule has 0 aromatic heterocycles. The van der Waals surface area contributed by atoms with Gasteiger partial charge in [0.15, 0.2) is 0 Å². The van der Waals surface area contributed by atoms with Crippen LogP contribution in [-0.4, -0.2) is 13.1 Å². The quantitative estimate of drug-likeness (QED) is 0.837. The van der Waals surface area contributed by atoms with Crippen molar-refractivity contribution in [3.63, 3.8) is 0 Å². The zero-order valence-corrected chi connectivity index (χ0v) is 9.70. The number of hydrogen-bond acceptors (Lipinski definition) is 1. The molecule has 0 spiro atoms. The summed E-state index contributed by atoms with van der Waals surface area (Å²) in [5.41, 5.74) is -2.25. The molecular formula is C12H11F6N. The van der Waals surface area contributed by atoms with Crippen LogP contribution in [0.2, 0.25) is 0 Å². The van der Waals surface area contributed by atoms with Gasteiger partial charge in [0.25, 0.3) is 5.92 Å². The van der Waals surface area contributed by atoms with E-state index in [-0.39, 0.29) is 12.0 Å². The van der Waals surface area contributed by atoms with Crippen molar-refractivity contribution < 1.29 is 26.3 Å². The van der Waals surface area contributed by atoms with Gasteiger partial charge in [0.1, 0.15) is 5.82 Å². The zero-order chi connectivity index (χ0) is 14.3. The maximum absolute atomic E-state index is 13.8. The van der Waals surface area contributed by atoms with Crippen molar-refractivity contribution in [2.75, 3.05) is 13.1 Å². The van der Waals surface area contributed by atoms with Crippen molar-refractivity contribution in [1.29, 1.82) is 0 Å². The minimum absolute atomic E-state index is 0.113. The second-order valence-electron chi connectivity index (χ2n) is 4.63. The lowest BCUT2D eigenvalue weighted by Crippen LogP contribution is -2.44. The lowest BCUT2D eigenvalue weighted by molar-refractivity contribution is -0.137. The maximum atomic E-state index is 13.8. The highest BCUT2D eigenvalue weighted by Crippen LogP contribution is 2.39. The van der Waals surface area contributed by atoms with E-state index in [0.29, 0.717) is 25.2 Å². The van der Waals surface area contributed by atoms with Crippen LogP contribution in [-0.2, 0) is 12.1 Å². The molecule has 19 heavy (non-hydrogen) atoms. The molecule has 7 heteroatoms. The summed E-state index contributed by atoms with van der Waals surface area (Å²) in [6.45, 7) is 0.829. The van der Waals surface area contributed by atoms with Crippen molar-refractivity contribution >= 4 is 0 Å². The van der Waals surface area contributed by atoms with Crippen molar-refractivity contribution in [2.45, 2.75) is 18.5 Å². The van der Waals surface area contributed by atoms with Gasteiger partial charge in [-0.1, -0.05) is 0 Å². The van der Waals surface area contributed by atoms with E-state index in [0.717, 1.165) is 0 Å². The molecule has 0 amide bonds. The second-order valence-corrected chi connectivity index (χ2v) is 4.63. The van der Waals surface area contributed by atoms with Gasteiger partial charge in [0.05, 0.1) is 11.1 Å². The molecule has 1 aliphatic rings. The highest BCUT2D eigenvalue weighted by molar-refractivity contribution is 5.29. The molecule has 2 rings (SSSR count). The molecule has 0 radical (unpaired) electrons. The molecule has 0 aliphatic carbocycles. The van der Waals surface area contributed by atoms with Crippen molar-refractivity contribution in [2.24, 2.45) is 5.92 Å². The van der Waals surface area contributed by atoms with Crippen molar-refractivity contribution in [1.82, 2.24) is 5.32 Å². The predicted molar refractivity (Wildman–Crippen MR) is 56.3 cm³/mol. The minimum Gasteiger partial charge on any atom is -0.316 e. The van der Waals surface area contributed by atoms with Crippen LogP contribution in [0.5, 0.6) is 0 Å². The Hall–Kier alpha value is -1.24. The Labute approximate surface area is 105 Å². The first-order chi connectivity index (χ1) is 8.70. The van der Waals surface area contributed by atoms with E-state index in [1.807, 2.05) is 0 Å². The topological polar surface area (TPSA) is 12.0 Å². The fourth-order valence-corrected chi connectivity index (χ4v) is 1.95. The molecule has 1 nitrogen and oxygen atoms in total. The average Bonchev–Trinajstić information content (AvgIpc) is 2.22. The van der Waals surface area contributed by atoms with Crippen LogP contribution in [0.3, 0.4) is 0 Å². The van der Waals surface area contributed by atoms with E-state index in [1.54, 1.807) is 0 Å². The van der Waals surface area contributed by atoms with Crippen LogP contribution >= 0.6 is 0 Å². The van der Waals surface area contributed by atoms with E-state index in [9.17, 15) is 26.3 Å². The van der Waals surface area contributed by atoms with E-state index < -0.39 is 35.5 Å². The Bertz CT molecular complexity index is 464. The van der Waals surface area contributed by atoms with Crippen LogP contribution in [0.25, 0.3) is 0 Å². The van der Waals surface area contributed by atoms with Crippen LogP contribution in [0, 0.1) is 11.7 Å². The highest BCUT2D eigenvalue weighted by Gasteiger charge is 2.40. The van der Waals surface area contributed by atoms with Crippen molar-refractivity contribution in [3.8, 4) is 0 Å². The van der Waals surface area contributed by atoms with E-state index in [4.69, 9.17) is 0 Å². The van der Waals surface area contributed by atoms with E-state index in [1.165, 1.54) is 0 Å². The fraction of sp³-hybridized carbons (Fsp3) is 0.500. The summed E-state index contributed by atoms with van der Waals surface area (Å²) in [4.78, 5) is 0. The summed E-state index contributed by atoms with van der Waals surface area (Å²) in [6, 6.07) is 1.11. The molecule has 1 aromatic rings. The molecule has 1 fully saturated rings. The molecule has 0 unspecified atom stereocenters. The molecule has 106 valence electrons. The summed E-state index contributed by atoms with van der Waals surface area (Å²) in [5.74, 6) is -5.26. The van der Waals surface area contributed by atoms with Crippen molar-refractivity contribution in [3.05, 3.63) is 35.1 Å². The van der Waals surface area contributed by atoms with Crippen LogP contribution in [0.4, 0.5) is 26.3 Å². The van der Waals surface area contributed by atoms with Gasteiger partial charge in [-0.25, -0.2) is 13.2 Å². The van der Waals surface area contributed by atoms with Gasteiger partial charge in [-0.2, -0.15) is 13.2 Å². The first-order valence-electron chi connectivity index (χ1n) is 5.66. The number of alkyl halides is 5. The summed E-state index contributed by atoms with van der Waals surface area (Å²) in [5, 5.41) is 2.80. The molecule has 0 bridgehead atoms. The minimum atomic E-state index is -4.74. The van der Waals surface area contributed by atoms with E-state index in [2.05, 4.69) is 5.32 Å². The smallest absolute Gasteiger partial charge is 0.316 e.